The van der Waals surface area contributed by atoms with Crippen LogP contribution in [0.3, 0.4) is 0 Å². The predicted octanol–water partition coefficient (Wildman–Crippen LogP) is 0.786. The van der Waals surface area contributed by atoms with Gasteiger partial charge in [0.25, 0.3) is 5.91 Å². The Labute approximate surface area is 114 Å². The van der Waals surface area contributed by atoms with Crippen LogP contribution in [0.2, 0.25) is 0 Å². The predicted molar refractivity (Wildman–Crippen MR) is 74.1 cm³/mol. The largest absolute Gasteiger partial charge is 0.381 e. The van der Waals surface area contributed by atoms with Gasteiger partial charge >= 0.3 is 0 Å². The van der Waals surface area contributed by atoms with Crippen LogP contribution < -0.4 is 11.1 Å². The van der Waals surface area contributed by atoms with Crippen LogP contribution in [-0.2, 0) is 4.79 Å². The van der Waals surface area contributed by atoms with E-state index in [-0.39, 0.29) is 12.5 Å². The molecule has 0 saturated carbocycles. The highest BCUT2D eigenvalue weighted by Crippen LogP contribution is 2.30. The summed E-state index contributed by atoms with van der Waals surface area (Å²) in [6.45, 7) is 1.69. The molecule has 100 valence electrons. The molecule has 2 rings (SSSR count). The quantitative estimate of drug-likeness (QED) is 0.772. The second-order valence-electron chi connectivity index (χ2n) is 4.18. The summed E-state index contributed by atoms with van der Waals surface area (Å²) >= 11 is 1.38. The molecule has 0 aliphatic rings. The van der Waals surface area contributed by atoms with Crippen molar-refractivity contribution >= 4 is 33.2 Å². The van der Waals surface area contributed by atoms with Crippen LogP contribution in [-0.4, -0.2) is 29.6 Å². The van der Waals surface area contributed by atoms with Gasteiger partial charge in [-0.15, -0.1) is 11.3 Å². The zero-order valence-electron chi connectivity index (χ0n) is 10.3. The number of aryl methyl sites for hydroxylation is 1. The van der Waals surface area contributed by atoms with Crippen LogP contribution in [0.15, 0.2) is 24.3 Å². The first-order valence-electron chi connectivity index (χ1n) is 5.74. The van der Waals surface area contributed by atoms with Crippen molar-refractivity contribution in [2.75, 3.05) is 6.54 Å². The number of nitrogens with one attached hydrogen (secondary N) is 1. The Kier molecular flexibility index (Phi) is 3.82. The first-order chi connectivity index (χ1) is 9.00. The molecule has 2 amide bonds. The van der Waals surface area contributed by atoms with Gasteiger partial charge in [-0.05, 0) is 23.9 Å². The molecule has 0 bridgehead atoms. The molecule has 1 heterocycles. The van der Waals surface area contributed by atoms with E-state index in [1.165, 1.54) is 11.3 Å². The fraction of sp³-hybridized carbons (Fsp3) is 0.231. The highest BCUT2D eigenvalue weighted by atomic mass is 32.1. The van der Waals surface area contributed by atoms with Crippen LogP contribution in [0.4, 0.5) is 0 Å². The third-order valence-electron chi connectivity index (χ3n) is 2.83. The first-order valence-corrected chi connectivity index (χ1v) is 6.56. The Hall–Kier alpha value is -1.92. The molecule has 0 spiro atoms. The molecule has 0 saturated heterocycles. The number of carbonyl (C=O) groups excluding carboxylic acids is 2. The fourth-order valence-corrected chi connectivity index (χ4v) is 2.89. The molecule has 0 fully saturated rings. The number of amides is 2. The highest BCUT2D eigenvalue weighted by Gasteiger charge is 2.17. The van der Waals surface area contributed by atoms with Crippen LogP contribution in [0.25, 0.3) is 10.1 Å². The summed E-state index contributed by atoms with van der Waals surface area (Å²) in [7, 11) is 0. The van der Waals surface area contributed by atoms with Crippen molar-refractivity contribution in [2.24, 2.45) is 5.73 Å². The van der Waals surface area contributed by atoms with Gasteiger partial charge in [0, 0.05) is 4.70 Å². The minimum Gasteiger partial charge on any atom is -0.381 e. The van der Waals surface area contributed by atoms with Crippen molar-refractivity contribution in [3.63, 3.8) is 0 Å². The standard InChI is InChI=1S/C13H14N2O3S/c1-7-8-4-2-3-5-10(8)19-11(7)13(18)15-6-9(16)12(14)17/h2-5,9,16H,6H2,1H3,(H2,14,17)(H,15,18). The molecule has 0 aliphatic heterocycles. The monoisotopic (exact) mass is 278 g/mol. The van der Waals surface area contributed by atoms with E-state index in [0.29, 0.717) is 4.88 Å². The van der Waals surface area contributed by atoms with Gasteiger partial charge in [0.15, 0.2) is 0 Å². The van der Waals surface area contributed by atoms with Gasteiger partial charge in [-0.3, -0.25) is 9.59 Å². The number of primary amides is 1. The molecule has 5 nitrogen and oxygen atoms in total. The molecule has 0 aliphatic carbocycles. The van der Waals surface area contributed by atoms with Crippen molar-refractivity contribution in [3.05, 3.63) is 34.7 Å². The summed E-state index contributed by atoms with van der Waals surface area (Å²) in [5.41, 5.74) is 5.81. The lowest BCUT2D eigenvalue weighted by atomic mass is 10.1. The zero-order valence-corrected chi connectivity index (χ0v) is 11.2. The van der Waals surface area contributed by atoms with Crippen molar-refractivity contribution in [2.45, 2.75) is 13.0 Å². The third-order valence-corrected chi connectivity index (χ3v) is 4.11. The summed E-state index contributed by atoms with van der Waals surface area (Å²) in [6, 6.07) is 7.73. The van der Waals surface area contributed by atoms with E-state index in [9.17, 15) is 14.7 Å². The van der Waals surface area contributed by atoms with Crippen LogP contribution >= 0.6 is 11.3 Å². The van der Waals surface area contributed by atoms with E-state index < -0.39 is 12.0 Å². The minimum absolute atomic E-state index is 0.179. The van der Waals surface area contributed by atoms with E-state index in [1.54, 1.807) is 0 Å². The zero-order chi connectivity index (χ0) is 14.0. The van der Waals surface area contributed by atoms with E-state index in [4.69, 9.17) is 5.73 Å². The molecule has 1 aromatic heterocycles. The third kappa shape index (κ3) is 2.74. The van der Waals surface area contributed by atoms with Gasteiger partial charge in [-0.25, -0.2) is 0 Å². The Morgan fingerprint density at radius 2 is 2.11 bits per heavy atom. The molecule has 6 heteroatoms. The Balaban J connectivity index is 2.18. The number of rotatable bonds is 4. The normalized spacial score (nSPS) is 12.3. The number of thiophene rings is 1. The Bertz CT molecular complexity index is 636. The fourth-order valence-electron chi connectivity index (χ4n) is 1.76. The molecular weight excluding hydrogens is 264 g/mol. The van der Waals surface area contributed by atoms with Gasteiger partial charge in [0.2, 0.25) is 5.91 Å². The van der Waals surface area contributed by atoms with E-state index in [2.05, 4.69) is 5.32 Å². The van der Waals surface area contributed by atoms with Gasteiger partial charge < -0.3 is 16.2 Å². The van der Waals surface area contributed by atoms with Crippen LogP contribution in [0, 0.1) is 6.92 Å². The SMILES string of the molecule is Cc1c(C(=O)NCC(O)C(N)=O)sc2ccccc12. The average Bonchev–Trinajstić information content (AvgIpc) is 2.73. The van der Waals surface area contributed by atoms with Crippen molar-refractivity contribution in [1.82, 2.24) is 5.32 Å². The van der Waals surface area contributed by atoms with Crippen molar-refractivity contribution < 1.29 is 14.7 Å². The second kappa shape index (κ2) is 5.38. The number of fused-ring (bicyclic) bond motifs is 1. The summed E-state index contributed by atoms with van der Waals surface area (Å²) in [5.74, 6) is -1.16. The van der Waals surface area contributed by atoms with Crippen LogP contribution in [0.1, 0.15) is 15.2 Å². The maximum atomic E-state index is 12.0. The number of hydrogen-bond donors (Lipinski definition) is 3. The number of carbonyl (C=O) groups is 2. The maximum absolute atomic E-state index is 12.0. The number of nitrogens with two attached hydrogens (primary N) is 1. The number of aliphatic hydroxyl groups is 1. The van der Waals surface area contributed by atoms with Crippen molar-refractivity contribution in [3.8, 4) is 0 Å². The topological polar surface area (TPSA) is 92.4 Å². The Morgan fingerprint density at radius 1 is 1.42 bits per heavy atom. The molecule has 1 atom stereocenters. The van der Waals surface area contributed by atoms with Gasteiger partial charge in [-0.2, -0.15) is 0 Å². The van der Waals surface area contributed by atoms with Crippen molar-refractivity contribution in [1.29, 1.82) is 0 Å². The van der Waals surface area contributed by atoms with E-state index >= 15 is 0 Å². The molecule has 19 heavy (non-hydrogen) atoms. The molecule has 1 unspecified atom stereocenters. The maximum Gasteiger partial charge on any atom is 0.261 e. The van der Waals surface area contributed by atoms with Gasteiger partial charge in [-0.1, -0.05) is 18.2 Å². The Morgan fingerprint density at radius 3 is 2.74 bits per heavy atom. The highest BCUT2D eigenvalue weighted by molar-refractivity contribution is 7.21. The second-order valence-corrected chi connectivity index (χ2v) is 5.23. The summed E-state index contributed by atoms with van der Waals surface area (Å²) in [6.07, 6.45) is -1.36. The number of aliphatic hydroxyl groups excluding tert-OH is 1. The average molecular weight is 278 g/mol. The molecule has 2 aromatic rings. The lowest BCUT2D eigenvalue weighted by Crippen LogP contribution is -2.39. The van der Waals surface area contributed by atoms with Crippen LogP contribution in [0.5, 0.6) is 0 Å². The summed E-state index contributed by atoms with van der Waals surface area (Å²) in [4.78, 5) is 23.3. The molecule has 0 radical (unpaired) electrons. The lowest BCUT2D eigenvalue weighted by molar-refractivity contribution is -0.125. The first kappa shape index (κ1) is 13.5. The lowest BCUT2D eigenvalue weighted by Gasteiger charge is -2.07. The van der Waals surface area contributed by atoms with E-state index in [1.807, 2.05) is 31.2 Å². The van der Waals surface area contributed by atoms with Gasteiger partial charge in [0.1, 0.15) is 6.10 Å². The number of benzene rings is 1. The van der Waals surface area contributed by atoms with E-state index in [0.717, 1.165) is 15.6 Å². The summed E-state index contributed by atoms with van der Waals surface area (Å²) in [5, 5.41) is 12.8. The smallest absolute Gasteiger partial charge is 0.261 e. The van der Waals surface area contributed by atoms with Gasteiger partial charge in [0.05, 0.1) is 11.4 Å². The molecular formula is C13H14N2O3S. The minimum atomic E-state index is -1.36. The molecule has 4 N–H and O–H groups in total. The molecule has 1 aromatic carbocycles. The summed E-state index contributed by atoms with van der Waals surface area (Å²) < 4.78 is 1.03. The number of hydrogen-bond acceptors (Lipinski definition) is 4.